The van der Waals surface area contributed by atoms with Crippen molar-refractivity contribution in [3.8, 4) is 11.5 Å². The van der Waals surface area contributed by atoms with Crippen LogP contribution in [0.25, 0.3) is 10.8 Å². The minimum atomic E-state index is -0.577. The van der Waals surface area contributed by atoms with Crippen molar-refractivity contribution in [1.29, 1.82) is 0 Å². The van der Waals surface area contributed by atoms with Gasteiger partial charge in [-0.15, -0.1) is 0 Å². The lowest BCUT2D eigenvalue weighted by Crippen LogP contribution is -2.46. The van der Waals surface area contributed by atoms with Gasteiger partial charge in [0.1, 0.15) is 17.9 Å². The molecule has 0 unspecified atom stereocenters. The molecule has 7 nitrogen and oxygen atoms in total. The quantitative estimate of drug-likeness (QED) is 0.268. The monoisotopic (exact) mass is 419 g/mol. The first kappa shape index (κ1) is 21.8. The topological polar surface area (TPSA) is 111 Å². The molecule has 4 N–H and O–H groups in total. The number of phenolic OH excluding ortho intramolecular Hbond substituents is 2. The minimum Gasteiger partial charge on any atom is -0.508 e. The summed E-state index contributed by atoms with van der Waals surface area (Å²) in [6, 6.07) is 17.6. The summed E-state index contributed by atoms with van der Waals surface area (Å²) < 4.78 is 0. The van der Waals surface area contributed by atoms with Crippen molar-refractivity contribution in [2.45, 2.75) is 32.2 Å². The molecule has 160 valence electrons. The Morgan fingerprint density at radius 2 is 1.68 bits per heavy atom. The predicted molar refractivity (Wildman–Crippen MR) is 120 cm³/mol. The molecule has 0 saturated heterocycles. The number of nitrogens with zero attached hydrogens (tertiary/aromatic N) is 1. The summed E-state index contributed by atoms with van der Waals surface area (Å²) in [4.78, 5) is 24.4. The Bertz CT molecular complexity index is 1120. The molecule has 0 aliphatic rings. The molecule has 7 heteroatoms. The molecule has 3 rings (SSSR count). The molecular formula is C24H25N3O4. The fraction of sp³-hybridized carbons (Fsp3) is 0.208. The van der Waals surface area contributed by atoms with Crippen LogP contribution in [0.15, 0.2) is 65.8 Å². The standard InChI is InChI=1S/C24H25N3O4/c1-24(2,14-16-7-10-18(28)11-8-16)26-22(30)13-23(31)27-25-15-20-19-6-4-3-5-17(19)9-12-21(20)29/h3-12,15,28-29H,13-14H2,1-2H3,(H,26,30)(H,27,31)/b25-15+. The summed E-state index contributed by atoms with van der Waals surface area (Å²) in [6.07, 6.45) is 1.53. The van der Waals surface area contributed by atoms with Gasteiger partial charge in [0.05, 0.1) is 6.21 Å². The van der Waals surface area contributed by atoms with Crippen LogP contribution in [-0.2, 0) is 16.0 Å². The van der Waals surface area contributed by atoms with E-state index in [-0.39, 0.29) is 17.9 Å². The number of hydrogen-bond acceptors (Lipinski definition) is 5. The number of hydrogen-bond donors (Lipinski definition) is 4. The number of carbonyl (C=O) groups is 2. The van der Waals surface area contributed by atoms with Gasteiger partial charge >= 0.3 is 0 Å². The number of rotatable bonds is 7. The maximum absolute atomic E-state index is 12.3. The lowest BCUT2D eigenvalue weighted by Gasteiger charge is -2.26. The largest absolute Gasteiger partial charge is 0.508 e. The second-order valence-corrected chi connectivity index (χ2v) is 7.96. The van der Waals surface area contributed by atoms with Crippen molar-refractivity contribution in [2.24, 2.45) is 5.10 Å². The van der Waals surface area contributed by atoms with Gasteiger partial charge in [0, 0.05) is 11.1 Å². The number of hydrazone groups is 1. The molecule has 3 aromatic rings. The van der Waals surface area contributed by atoms with E-state index in [2.05, 4.69) is 15.8 Å². The van der Waals surface area contributed by atoms with E-state index in [1.165, 1.54) is 6.21 Å². The Labute approximate surface area is 180 Å². The van der Waals surface area contributed by atoms with Crippen LogP contribution in [0.1, 0.15) is 31.4 Å². The molecule has 3 aromatic carbocycles. The van der Waals surface area contributed by atoms with Crippen molar-refractivity contribution >= 4 is 28.8 Å². The molecule has 0 fully saturated rings. The second kappa shape index (κ2) is 9.30. The molecule has 0 atom stereocenters. The first-order valence-corrected chi connectivity index (χ1v) is 9.85. The summed E-state index contributed by atoms with van der Waals surface area (Å²) in [7, 11) is 0. The molecule has 0 aromatic heterocycles. The van der Waals surface area contributed by atoms with E-state index in [1.807, 2.05) is 38.1 Å². The van der Waals surface area contributed by atoms with Gasteiger partial charge in [0.15, 0.2) is 0 Å². The Kier molecular flexibility index (Phi) is 6.55. The predicted octanol–water partition coefficient (Wildman–Crippen LogP) is 3.23. The first-order valence-electron chi connectivity index (χ1n) is 9.85. The average molecular weight is 419 g/mol. The molecule has 0 saturated carbocycles. The third-order valence-corrected chi connectivity index (χ3v) is 4.71. The lowest BCUT2D eigenvalue weighted by atomic mass is 9.94. The van der Waals surface area contributed by atoms with Gasteiger partial charge in [0.25, 0.3) is 0 Å². The van der Waals surface area contributed by atoms with Crippen LogP contribution in [-0.4, -0.2) is 33.8 Å². The maximum atomic E-state index is 12.3. The number of carbonyl (C=O) groups excluding carboxylic acids is 2. The Hall–Kier alpha value is -3.87. The zero-order valence-corrected chi connectivity index (χ0v) is 17.4. The van der Waals surface area contributed by atoms with E-state index in [1.54, 1.807) is 36.4 Å². The molecule has 31 heavy (non-hydrogen) atoms. The highest BCUT2D eigenvalue weighted by molar-refractivity contribution is 6.03. The van der Waals surface area contributed by atoms with Crippen LogP contribution in [0, 0.1) is 0 Å². The Morgan fingerprint density at radius 1 is 0.968 bits per heavy atom. The second-order valence-electron chi connectivity index (χ2n) is 7.96. The fourth-order valence-corrected chi connectivity index (χ4v) is 3.36. The van der Waals surface area contributed by atoms with E-state index < -0.39 is 17.4 Å². The molecule has 0 bridgehead atoms. The van der Waals surface area contributed by atoms with E-state index in [0.717, 1.165) is 16.3 Å². The third-order valence-electron chi connectivity index (χ3n) is 4.71. The highest BCUT2D eigenvalue weighted by Crippen LogP contribution is 2.25. The molecule has 0 aliphatic carbocycles. The van der Waals surface area contributed by atoms with E-state index in [9.17, 15) is 19.8 Å². The zero-order valence-electron chi connectivity index (χ0n) is 17.4. The summed E-state index contributed by atoms with van der Waals surface area (Å²) >= 11 is 0. The number of benzene rings is 3. The van der Waals surface area contributed by atoms with Crippen molar-refractivity contribution in [2.75, 3.05) is 0 Å². The molecule has 0 radical (unpaired) electrons. The third kappa shape index (κ3) is 6.05. The summed E-state index contributed by atoms with van der Waals surface area (Å²) in [5.41, 5.74) is 3.18. The van der Waals surface area contributed by atoms with Crippen molar-refractivity contribution in [3.63, 3.8) is 0 Å². The average Bonchev–Trinajstić information content (AvgIpc) is 2.70. The number of phenols is 2. The maximum Gasteiger partial charge on any atom is 0.249 e. The van der Waals surface area contributed by atoms with Crippen molar-refractivity contribution in [1.82, 2.24) is 10.7 Å². The normalized spacial score (nSPS) is 11.5. The van der Waals surface area contributed by atoms with Gasteiger partial charge in [0.2, 0.25) is 11.8 Å². The van der Waals surface area contributed by atoms with E-state index >= 15 is 0 Å². The van der Waals surface area contributed by atoms with Crippen molar-refractivity contribution < 1.29 is 19.8 Å². The molecule has 0 aliphatic heterocycles. The number of nitrogens with one attached hydrogen (secondary N) is 2. The molecule has 2 amide bonds. The summed E-state index contributed by atoms with van der Waals surface area (Å²) in [5, 5.41) is 27.9. The zero-order chi connectivity index (χ0) is 22.4. The number of fused-ring (bicyclic) bond motifs is 1. The smallest absolute Gasteiger partial charge is 0.249 e. The van der Waals surface area contributed by atoms with Gasteiger partial charge in [-0.05, 0) is 54.8 Å². The highest BCUT2D eigenvalue weighted by atomic mass is 16.3. The van der Waals surface area contributed by atoms with Crippen LogP contribution in [0.5, 0.6) is 11.5 Å². The highest BCUT2D eigenvalue weighted by Gasteiger charge is 2.22. The van der Waals surface area contributed by atoms with E-state index in [4.69, 9.17) is 0 Å². The molecular weight excluding hydrogens is 394 g/mol. The molecule has 0 heterocycles. The van der Waals surface area contributed by atoms with Crippen LogP contribution >= 0.6 is 0 Å². The van der Waals surface area contributed by atoms with Crippen LogP contribution < -0.4 is 10.7 Å². The first-order chi connectivity index (χ1) is 14.7. The minimum absolute atomic E-state index is 0.0467. The SMILES string of the molecule is CC(C)(Cc1ccc(O)cc1)NC(=O)CC(=O)N/N=C/c1c(O)ccc2ccccc12. The fourth-order valence-electron chi connectivity index (χ4n) is 3.36. The summed E-state index contributed by atoms with van der Waals surface area (Å²) in [5.74, 6) is -0.761. The number of aromatic hydroxyl groups is 2. The molecule has 0 spiro atoms. The van der Waals surface area contributed by atoms with Crippen LogP contribution in [0.4, 0.5) is 0 Å². The van der Waals surface area contributed by atoms with Gasteiger partial charge in [-0.1, -0.05) is 42.5 Å². The van der Waals surface area contributed by atoms with Crippen molar-refractivity contribution in [3.05, 3.63) is 71.8 Å². The Morgan fingerprint density at radius 3 is 2.42 bits per heavy atom. The van der Waals surface area contributed by atoms with Gasteiger partial charge in [-0.3, -0.25) is 9.59 Å². The number of amides is 2. The van der Waals surface area contributed by atoms with Gasteiger partial charge in [-0.25, -0.2) is 5.43 Å². The van der Waals surface area contributed by atoms with E-state index in [0.29, 0.717) is 12.0 Å². The van der Waals surface area contributed by atoms with Crippen LogP contribution in [0.3, 0.4) is 0 Å². The van der Waals surface area contributed by atoms with Gasteiger partial charge < -0.3 is 15.5 Å². The van der Waals surface area contributed by atoms with Crippen LogP contribution in [0.2, 0.25) is 0 Å². The van der Waals surface area contributed by atoms with Gasteiger partial charge in [-0.2, -0.15) is 5.10 Å². The summed E-state index contributed by atoms with van der Waals surface area (Å²) in [6.45, 7) is 3.72. The Balaban J connectivity index is 1.55. The lowest BCUT2D eigenvalue weighted by molar-refractivity contribution is -0.130.